The zero-order valence-electron chi connectivity index (χ0n) is 15.4. The molecule has 1 aromatic carbocycles. The lowest BCUT2D eigenvalue weighted by molar-refractivity contribution is 0.304. The summed E-state index contributed by atoms with van der Waals surface area (Å²) in [7, 11) is 0. The Morgan fingerprint density at radius 1 is 0.840 bits per heavy atom. The van der Waals surface area contributed by atoms with Gasteiger partial charge in [0.25, 0.3) is 0 Å². The van der Waals surface area contributed by atoms with Crippen LogP contribution < -0.4 is 4.74 Å². The molecule has 2 rings (SSSR count). The molecule has 0 fully saturated rings. The molecule has 2 aromatic rings. The van der Waals surface area contributed by atoms with Gasteiger partial charge in [-0.3, -0.25) is 9.98 Å². The lowest BCUT2D eigenvalue weighted by atomic mass is 10.1. The molecule has 3 nitrogen and oxygen atoms in total. The number of ether oxygens (including phenoxy) is 1. The molecule has 0 atom stereocenters. The van der Waals surface area contributed by atoms with Crippen molar-refractivity contribution in [2.45, 2.75) is 58.3 Å². The lowest BCUT2D eigenvalue weighted by Gasteiger charge is -2.06. The number of pyridine rings is 1. The Labute approximate surface area is 152 Å². The van der Waals surface area contributed by atoms with Crippen LogP contribution in [0.25, 0.3) is 0 Å². The van der Waals surface area contributed by atoms with Gasteiger partial charge in [-0.15, -0.1) is 0 Å². The highest BCUT2D eigenvalue weighted by atomic mass is 16.5. The van der Waals surface area contributed by atoms with Crippen molar-refractivity contribution >= 4 is 11.9 Å². The van der Waals surface area contributed by atoms with Crippen molar-refractivity contribution in [3.8, 4) is 5.75 Å². The minimum Gasteiger partial charge on any atom is -0.494 e. The monoisotopic (exact) mass is 338 g/mol. The van der Waals surface area contributed by atoms with Gasteiger partial charge < -0.3 is 4.74 Å². The van der Waals surface area contributed by atoms with Crippen molar-refractivity contribution in [2.24, 2.45) is 4.99 Å². The number of rotatable bonds is 12. The maximum atomic E-state index is 5.81. The van der Waals surface area contributed by atoms with Crippen LogP contribution in [-0.2, 0) is 0 Å². The highest BCUT2D eigenvalue weighted by molar-refractivity contribution is 5.81. The van der Waals surface area contributed by atoms with E-state index in [1.54, 1.807) is 12.4 Å². The molecule has 0 bridgehead atoms. The van der Waals surface area contributed by atoms with E-state index in [1.165, 1.54) is 44.9 Å². The van der Waals surface area contributed by atoms with Crippen LogP contribution in [0.1, 0.15) is 63.9 Å². The smallest absolute Gasteiger partial charge is 0.119 e. The Hall–Kier alpha value is -2.16. The molecule has 0 radical (unpaired) electrons. The van der Waals surface area contributed by atoms with Crippen LogP contribution in [0.4, 0.5) is 5.69 Å². The second kappa shape index (κ2) is 12.2. The van der Waals surface area contributed by atoms with Gasteiger partial charge in [0.15, 0.2) is 0 Å². The Bertz CT molecular complexity index is 593. The van der Waals surface area contributed by atoms with Gasteiger partial charge in [0.05, 0.1) is 12.3 Å². The normalized spacial score (nSPS) is 11.1. The van der Waals surface area contributed by atoms with Crippen molar-refractivity contribution < 1.29 is 4.74 Å². The van der Waals surface area contributed by atoms with Gasteiger partial charge in [0.1, 0.15) is 5.75 Å². The van der Waals surface area contributed by atoms with Gasteiger partial charge >= 0.3 is 0 Å². The van der Waals surface area contributed by atoms with Crippen LogP contribution >= 0.6 is 0 Å². The summed E-state index contributed by atoms with van der Waals surface area (Å²) in [6.07, 6.45) is 16.0. The SMILES string of the molecule is CCCCCCCCCCOc1ccc(N=Cc2ccncc2)cc1. The molecule has 0 amide bonds. The van der Waals surface area contributed by atoms with Crippen LogP contribution in [0, 0.1) is 0 Å². The van der Waals surface area contributed by atoms with Gasteiger partial charge in [0, 0.05) is 18.6 Å². The molecule has 0 N–H and O–H groups in total. The summed E-state index contributed by atoms with van der Waals surface area (Å²) in [6, 6.07) is 11.8. The molecule has 0 aliphatic heterocycles. The highest BCUT2D eigenvalue weighted by Crippen LogP contribution is 2.18. The van der Waals surface area contributed by atoms with Crippen LogP contribution in [0.15, 0.2) is 53.8 Å². The summed E-state index contributed by atoms with van der Waals surface area (Å²) in [5.74, 6) is 0.922. The molecule has 0 saturated carbocycles. The van der Waals surface area contributed by atoms with Crippen LogP contribution in [0.5, 0.6) is 5.75 Å². The fourth-order valence-corrected chi connectivity index (χ4v) is 2.65. The Morgan fingerprint density at radius 2 is 1.48 bits per heavy atom. The molecule has 1 aromatic heterocycles. The first-order chi connectivity index (χ1) is 12.4. The van der Waals surface area contributed by atoms with Gasteiger partial charge in [-0.05, 0) is 48.4 Å². The minimum atomic E-state index is 0.800. The van der Waals surface area contributed by atoms with E-state index in [0.717, 1.165) is 30.0 Å². The average molecular weight is 338 g/mol. The first-order valence-electron chi connectivity index (χ1n) is 9.55. The van der Waals surface area contributed by atoms with E-state index in [9.17, 15) is 0 Å². The maximum absolute atomic E-state index is 5.81. The summed E-state index contributed by atoms with van der Waals surface area (Å²) in [5, 5.41) is 0. The van der Waals surface area contributed by atoms with Crippen LogP contribution in [0.3, 0.4) is 0 Å². The summed E-state index contributed by atoms with van der Waals surface area (Å²) in [5.41, 5.74) is 1.97. The van der Waals surface area contributed by atoms with Crippen molar-refractivity contribution in [2.75, 3.05) is 6.61 Å². The predicted molar refractivity (Wildman–Crippen MR) is 106 cm³/mol. The lowest BCUT2D eigenvalue weighted by Crippen LogP contribution is -1.96. The maximum Gasteiger partial charge on any atom is 0.119 e. The fraction of sp³-hybridized carbons (Fsp3) is 0.455. The number of aromatic nitrogens is 1. The molecule has 0 spiro atoms. The molecule has 134 valence electrons. The van der Waals surface area contributed by atoms with Crippen molar-refractivity contribution in [3.05, 3.63) is 54.4 Å². The molecule has 0 unspecified atom stereocenters. The summed E-state index contributed by atoms with van der Waals surface area (Å²) < 4.78 is 5.81. The van der Waals surface area contributed by atoms with Crippen molar-refractivity contribution in [3.63, 3.8) is 0 Å². The number of hydrogen-bond acceptors (Lipinski definition) is 3. The second-order valence-corrected chi connectivity index (χ2v) is 6.36. The van der Waals surface area contributed by atoms with Gasteiger partial charge in [0.2, 0.25) is 0 Å². The minimum absolute atomic E-state index is 0.800. The molecule has 0 aliphatic rings. The Kier molecular flexibility index (Phi) is 9.38. The second-order valence-electron chi connectivity index (χ2n) is 6.36. The summed E-state index contributed by atoms with van der Waals surface area (Å²) >= 11 is 0. The number of unbranched alkanes of at least 4 members (excludes halogenated alkanes) is 7. The van der Waals surface area contributed by atoms with Gasteiger partial charge in [-0.2, -0.15) is 0 Å². The van der Waals surface area contributed by atoms with Crippen LogP contribution in [0.2, 0.25) is 0 Å². The van der Waals surface area contributed by atoms with Crippen molar-refractivity contribution in [1.82, 2.24) is 4.98 Å². The predicted octanol–water partition coefficient (Wildman–Crippen LogP) is 6.35. The number of benzene rings is 1. The number of hydrogen-bond donors (Lipinski definition) is 0. The first-order valence-corrected chi connectivity index (χ1v) is 9.55. The fourth-order valence-electron chi connectivity index (χ4n) is 2.65. The quantitative estimate of drug-likeness (QED) is 0.334. The Morgan fingerprint density at radius 3 is 2.16 bits per heavy atom. The zero-order chi connectivity index (χ0) is 17.6. The molecule has 0 aliphatic carbocycles. The third-order valence-electron chi connectivity index (χ3n) is 4.17. The third-order valence-corrected chi connectivity index (χ3v) is 4.17. The number of nitrogens with zero attached hydrogens (tertiary/aromatic N) is 2. The van der Waals surface area contributed by atoms with E-state index in [-0.39, 0.29) is 0 Å². The van der Waals surface area contributed by atoms with Crippen molar-refractivity contribution in [1.29, 1.82) is 0 Å². The first kappa shape index (κ1) is 19.2. The van der Waals surface area contributed by atoms with E-state index >= 15 is 0 Å². The average Bonchev–Trinajstić information content (AvgIpc) is 2.67. The van der Waals surface area contributed by atoms with E-state index in [2.05, 4.69) is 16.9 Å². The molecule has 25 heavy (non-hydrogen) atoms. The van der Waals surface area contributed by atoms with Gasteiger partial charge in [-0.25, -0.2) is 0 Å². The largest absolute Gasteiger partial charge is 0.494 e. The van der Waals surface area contributed by atoms with E-state index < -0.39 is 0 Å². The van der Waals surface area contributed by atoms with E-state index in [1.807, 2.05) is 42.6 Å². The van der Waals surface area contributed by atoms with E-state index in [0.29, 0.717) is 0 Å². The molecule has 0 saturated heterocycles. The molecule has 1 heterocycles. The molecule has 3 heteroatoms. The standard InChI is InChI=1S/C22H30N2O/c1-2-3-4-5-6-7-8-9-18-25-22-12-10-21(11-13-22)24-19-20-14-16-23-17-15-20/h10-17,19H,2-9,18H2,1H3. The van der Waals surface area contributed by atoms with Crippen LogP contribution in [-0.4, -0.2) is 17.8 Å². The number of aliphatic imine (C=N–C) groups is 1. The third kappa shape index (κ3) is 8.48. The summed E-state index contributed by atoms with van der Waals surface area (Å²) in [4.78, 5) is 8.46. The zero-order valence-corrected chi connectivity index (χ0v) is 15.4. The molecular weight excluding hydrogens is 308 g/mol. The topological polar surface area (TPSA) is 34.5 Å². The summed E-state index contributed by atoms with van der Waals surface area (Å²) in [6.45, 7) is 3.06. The van der Waals surface area contributed by atoms with Gasteiger partial charge in [-0.1, -0.05) is 51.9 Å². The Balaban J connectivity index is 1.60. The molecular formula is C22H30N2O. The highest BCUT2D eigenvalue weighted by Gasteiger charge is 1.96. The van der Waals surface area contributed by atoms with E-state index in [4.69, 9.17) is 4.74 Å².